The van der Waals surface area contributed by atoms with Gasteiger partial charge in [-0.15, -0.1) is 0 Å². The maximum absolute atomic E-state index is 5.74. The van der Waals surface area contributed by atoms with Gasteiger partial charge in [0.25, 0.3) is 0 Å². The van der Waals surface area contributed by atoms with Gasteiger partial charge in [0.15, 0.2) is 0 Å². The standard InChI is InChI=1S/C10H14N2/c1-12-7-9(11)6-8-4-2-3-5-10(8)12/h2,4,6-7,10H,3,5,11H2,1H3. The van der Waals surface area contributed by atoms with E-state index in [1.165, 1.54) is 18.4 Å². The zero-order valence-electron chi connectivity index (χ0n) is 7.33. The average Bonchev–Trinajstić information content (AvgIpc) is 2.04. The minimum Gasteiger partial charge on any atom is -0.398 e. The summed E-state index contributed by atoms with van der Waals surface area (Å²) in [5, 5.41) is 0. The van der Waals surface area contributed by atoms with Gasteiger partial charge >= 0.3 is 0 Å². The van der Waals surface area contributed by atoms with E-state index in [-0.39, 0.29) is 0 Å². The van der Waals surface area contributed by atoms with Gasteiger partial charge in [-0.2, -0.15) is 0 Å². The van der Waals surface area contributed by atoms with Crippen molar-refractivity contribution in [2.45, 2.75) is 18.9 Å². The molecule has 0 radical (unpaired) electrons. The molecular weight excluding hydrogens is 148 g/mol. The lowest BCUT2D eigenvalue weighted by Gasteiger charge is -2.33. The fourth-order valence-electron chi connectivity index (χ4n) is 1.89. The molecule has 2 heteroatoms. The molecule has 0 bridgehead atoms. The van der Waals surface area contributed by atoms with Crippen LogP contribution >= 0.6 is 0 Å². The van der Waals surface area contributed by atoms with Crippen molar-refractivity contribution in [1.82, 2.24) is 4.90 Å². The van der Waals surface area contributed by atoms with Gasteiger partial charge in [-0.05, 0) is 24.5 Å². The maximum Gasteiger partial charge on any atom is 0.0538 e. The normalized spacial score (nSPS) is 27.8. The van der Waals surface area contributed by atoms with Crippen molar-refractivity contribution in [1.29, 1.82) is 0 Å². The third kappa shape index (κ3) is 1.13. The lowest BCUT2D eigenvalue weighted by molar-refractivity contribution is 0.344. The van der Waals surface area contributed by atoms with E-state index in [9.17, 15) is 0 Å². The number of likely N-dealkylation sites (N-methyl/N-ethyl adjacent to an activating group) is 1. The first-order valence-electron chi connectivity index (χ1n) is 4.35. The summed E-state index contributed by atoms with van der Waals surface area (Å²) in [4.78, 5) is 2.20. The molecule has 0 fully saturated rings. The molecule has 2 rings (SSSR count). The van der Waals surface area contributed by atoms with Gasteiger partial charge in [0.2, 0.25) is 0 Å². The number of fused-ring (bicyclic) bond motifs is 1. The van der Waals surface area contributed by atoms with Gasteiger partial charge in [0.05, 0.1) is 6.04 Å². The Bertz CT molecular complexity index is 274. The van der Waals surface area contributed by atoms with E-state index >= 15 is 0 Å². The summed E-state index contributed by atoms with van der Waals surface area (Å²) in [6, 6.07) is 0.558. The van der Waals surface area contributed by atoms with Crippen molar-refractivity contribution in [3.05, 3.63) is 35.7 Å². The molecule has 0 aromatic rings. The second-order valence-electron chi connectivity index (χ2n) is 3.43. The van der Waals surface area contributed by atoms with Crippen molar-refractivity contribution >= 4 is 0 Å². The number of allylic oxidation sites excluding steroid dienone is 2. The zero-order chi connectivity index (χ0) is 8.55. The molecular formula is C10H14N2. The lowest BCUT2D eigenvalue weighted by atomic mass is 9.92. The Morgan fingerprint density at radius 1 is 1.58 bits per heavy atom. The molecule has 0 spiro atoms. The van der Waals surface area contributed by atoms with Crippen molar-refractivity contribution in [2.75, 3.05) is 7.05 Å². The largest absolute Gasteiger partial charge is 0.398 e. The lowest BCUT2D eigenvalue weighted by Crippen LogP contribution is -2.33. The molecule has 0 saturated carbocycles. The number of nitrogens with two attached hydrogens (primary N) is 1. The number of rotatable bonds is 0. The van der Waals surface area contributed by atoms with Crippen LogP contribution in [-0.2, 0) is 0 Å². The predicted molar refractivity (Wildman–Crippen MR) is 50.3 cm³/mol. The molecule has 1 unspecified atom stereocenters. The van der Waals surface area contributed by atoms with Gasteiger partial charge < -0.3 is 10.6 Å². The Morgan fingerprint density at radius 3 is 3.25 bits per heavy atom. The summed E-state index contributed by atoms with van der Waals surface area (Å²) < 4.78 is 0. The summed E-state index contributed by atoms with van der Waals surface area (Å²) in [7, 11) is 2.09. The quantitative estimate of drug-likeness (QED) is 0.583. The van der Waals surface area contributed by atoms with Gasteiger partial charge in [0, 0.05) is 18.9 Å². The highest BCUT2D eigenvalue weighted by molar-refractivity contribution is 5.37. The smallest absolute Gasteiger partial charge is 0.0538 e. The molecule has 0 amide bonds. The molecule has 2 aliphatic rings. The van der Waals surface area contributed by atoms with Crippen LogP contribution in [-0.4, -0.2) is 18.0 Å². The van der Waals surface area contributed by atoms with E-state index in [0.29, 0.717) is 6.04 Å². The summed E-state index contributed by atoms with van der Waals surface area (Å²) in [6.45, 7) is 0. The Balaban J connectivity index is 2.33. The van der Waals surface area contributed by atoms with Crippen LogP contribution in [0.3, 0.4) is 0 Å². The van der Waals surface area contributed by atoms with E-state index in [4.69, 9.17) is 5.73 Å². The molecule has 1 atom stereocenters. The first-order chi connectivity index (χ1) is 5.77. The summed E-state index contributed by atoms with van der Waals surface area (Å²) in [6.07, 6.45) is 10.9. The first-order valence-corrected chi connectivity index (χ1v) is 4.35. The number of hydrogen-bond donors (Lipinski definition) is 1. The molecule has 2 nitrogen and oxygen atoms in total. The van der Waals surface area contributed by atoms with Crippen LogP contribution in [0.5, 0.6) is 0 Å². The highest BCUT2D eigenvalue weighted by atomic mass is 15.1. The average molecular weight is 162 g/mol. The number of hydrogen-bond acceptors (Lipinski definition) is 2. The van der Waals surface area contributed by atoms with E-state index in [0.717, 1.165) is 5.70 Å². The van der Waals surface area contributed by atoms with Crippen LogP contribution in [0.15, 0.2) is 35.7 Å². The van der Waals surface area contributed by atoms with Gasteiger partial charge in [-0.3, -0.25) is 0 Å². The van der Waals surface area contributed by atoms with E-state index in [1.807, 2.05) is 6.20 Å². The second-order valence-corrected chi connectivity index (χ2v) is 3.43. The highest BCUT2D eigenvalue weighted by Crippen LogP contribution is 2.25. The van der Waals surface area contributed by atoms with Gasteiger partial charge in [0.1, 0.15) is 0 Å². The van der Waals surface area contributed by atoms with Crippen LogP contribution in [0.25, 0.3) is 0 Å². The van der Waals surface area contributed by atoms with E-state index in [1.54, 1.807) is 0 Å². The third-order valence-corrected chi connectivity index (χ3v) is 2.48. The molecule has 12 heavy (non-hydrogen) atoms. The Kier molecular flexibility index (Phi) is 1.68. The van der Waals surface area contributed by atoms with E-state index in [2.05, 4.69) is 30.2 Å². The third-order valence-electron chi connectivity index (χ3n) is 2.48. The first kappa shape index (κ1) is 7.47. The summed E-state index contributed by atoms with van der Waals surface area (Å²) in [5.74, 6) is 0. The van der Waals surface area contributed by atoms with Crippen molar-refractivity contribution < 1.29 is 0 Å². The predicted octanol–water partition coefficient (Wildman–Crippen LogP) is 1.38. The maximum atomic E-state index is 5.74. The molecule has 0 saturated heterocycles. The molecule has 1 heterocycles. The van der Waals surface area contributed by atoms with Crippen LogP contribution in [0, 0.1) is 0 Å². The second kappa shape index (κ2) is 2.70. The molecule has 0 aromatic heterocycles. The highest BCUT2D eigenvalue weighted by Gasteiger charge is 2.20. The van der Waals surface area contributed by atoms with Crippen LogP contribution < -0.4 is 5.73 Å². The Hall–Kier alpha value is -1.18. The van der Waals surface area contributed by atoms with Crippen molar-refractivity contribution in [2.24, 2.45) is 5.73 Å². The van der Waals surface area contributed by atoms with Crippen LogP contribution in [0.4, 0.5) is 0 Å². The monoisotopic (exact) mass is 162 g/mol. The minimum atomic E-state index is 0.558. The fraction of sp³-hybridized carbons (Fsp3) is 0.400. The topological polar surface area (TPSA) is 29.3 Å². The Morgan fingerprint density at radius 2 is 2.42 bits per heavy atom. The summed E-state index contributed by atoms with van der Waals surface area (Å²) in [5.41, 5.74) is 7.95. The van der Waals surface area contributed by atoms with Crippen molar-refractivity contribution in [3.63, 3.8) is 0 Å². The van der Waals surface area contributed by atoms with Crippen LogP contribution in [0.2, 0.25) is 0 Å². The van der Waals surface area contributed by atoms with Crippen LogP contribution in [0.1, 0.15) is 12.8 Å². The summed E-state index contributed by atoms with van der Waals surface area (Å²) >= 11 is 0. The van der Waals surface area contributed by atoms with Gasteiger partial charge in [-0.1, -0.05) is 12.2 Å². The molecule has 1 aliphatic carbocycles. The number of nitrogens with zero attached hydrogens (tertiary/aromatic N) is 1. The molecule has 0 aromatic carbocycles. The fourth-order valence-corrected chi connectivity index (χ4v) is 1.89. The Labute approximate surface area is 73.0 Å². The van der Waals surface area contributed by atoms with Gasteiger partial charge in [-0.25, -0.2) is 0 Å². The van der Waals surface area contributed by atoms with Crippen molar-refractivity contribution in [3.8, 4) is 0 Å². The molecule has 1 aliphatic heterocycles. The zero-order valence-corrected chi connectivity index (χ0v) is 7.33. The SMILES string of the molecule is CN1C=C(N)C=C2C=CCCC21. The van der Waals surface area contributed by atoms with E-state index < -0.39 is 0 Å². The molecule has 64 valence electrons. The minimum absolute atomic E-state index is 0.558. The molecule has 2 N–H and O–H groups in total.